The van der Waals surface area contributed by atoms with Gasteiger partial charge in [0, 0.05) is 28.7 Å². The first kappa shape index (κ1) is 20.8. The van der Waals surface area contributed by atoms with Crippen LogP contribution in [-0.2, 0) is 6.18 Å². The van der Waals surface area contributed by atoms with E-state index >= 15 is 0 Å². The highest BCUT2D eigenvalue weighted by Crippen LogP contribution is 2.38. The van der Waals surface area contributed by atoms with Gasteiger partial charge in [-0.3, -0.25) is 4.98 Å². The van der Waals surface area contributed by atoms with E-state index in [1.807, 2.05) is 0 Å². The van der Waals surface area contributed by atoms with Gasteiger partial charge in [0.15, 0.2) is 5.82 Å². The molecule has 1 saturated carbocycles. The van der Waals surface area contributed by atoms with Gasteiger partial charge in [0.2, 0.25) is 0 Å². The molecule has 0 aliphatic heterocycles. The lowest BCUT2D eigenvalue weighted by Crippen LogP contribution is -2.09. The topological polar surface area (TPSA) is 105 Å². The molecule has 0 spiro atoms. The van der Waals surface area contributed by atoms with Crippen LogP contribution < -0.4 is 5.73 Å². The molecule has 9 heteroatoms. The summed E-state index contributed by atoms with van der Waals surface area (Å²) in [5, 5.41) is 27.5. The van der Waals surface area contributed by atoms with Crippen molar-refractivity contribution < 1.29 is 23.4 Å². The molecule has 1 fully saturated rings. The highest BCUT2D eigenvalue weighted by Gasteiger charge is 2.31. The average molecular weight is 406 g/mol. The van der Waals surface area contributed by atoms with E-state index in [0.29, 0.717) is 16.8 Å². The maximum absolute atomic E-state index is 12.6. The van der Waals surface area contributed by atoms with E-state index in [-0.39, 0.29) is 23.2 Å². The van der Waals surface area contributed by atoms with Crippen LogP contribution in [0.3, 0.4) is 0 Å². The Balaban J connectivity index is 0.000000290. The first-order chi connectivity index (χ1) is 13.8. The van der Waals surface area contributed by atoms with Gasteiger partial charge in [-0.15, -0.1) is 10.2 Å². The number of benzene rings is 1. The molecular weight excluding hydrogens is 385 g/mol. The van der Waals surface area contributed by atoms with Crippen molar-refractivity contribution >= 4 is 16.6 Å². The summed E-state index contributed by atoms with van der Waals surface area (Å²) in [6.07, 6.45) is 4.36. The molecular formula is C20H21F3N4O2. The second-order valence-electron chi connectivity index (χ2n) is 6.88. The zero-order chi connectivity index (χ0) is 21.0. The minimum absolute atomic E-state index is 0.0359. The maximum Gasteiger partial charge on any atom is 0.416 e. The molecule has 0 radical (unpaired) electrons. The Hall–Kier alpha value is -2.94. The average Bonchev–Trinajstić information content (AvgIpc) is 2.69. The third-order valence-electron chi connectivity index (χ3n) is 4.76. The predicted molar refractivity (Wildman–Crippen MR) is 103 cm³/mol. The monoisotopic (exact) mass is 406 g/mol. The van der Waals surface area contributed by atoms with Crippen LogP contribution in [-0.4, -0.2) is 31.5 Å². The summed E-state index contributed by atoms with van der Waals surface area (Å²) in [5.41, 5.74) is 5.13. The zero-order valence-corrected chi connectivity index (χ0v) is 15.5. The van der Waals surface area contributed by atoms with E-state index < -0.39 is 17.5 Å². The molecule has 2 aromatic heterocycles. The van der Waals surface area contributed by atoms with Gasteiger partial charge >= 0.3 is 6.18 Å². The minimum Gasteiger partial charge on any atom is -0.507 e. The fraction of sp³-hybridized carbons (Fsp3) is 0.350. The number of nitrogen functional groups attached to an aromatic ring is 1. The number of hydrogen-bond donors (Lipinski definition) is 3. The van der Waals surface area contributed by atoms with Crippen LogP contribution in [0.25, 0.3) is 22.0 Å². The van der Waals surface area contributed by atoms with E-state index in [1.54, 1.807) is 6.07 Å². The number of phenolic OH excluding ortho intramolecular Hbond substituents is 1. The molecule has 154 valence electrons. The third kappa shape index (κ3) is 4.92. The van der Waals surface area contributed by atoms with Crippen LogP contribution in [0.5, 0.6) is 5.75 Å². The lowest BCUT2D eigenvalue weighted by Gasteiger charge is -2.14. The number of halogens is 3. The summed E-state index contributed by atoms with van der Waals surface area (Å²) >= 11 is 0. The van der Waals surface area contributed by atoms with Gasteiger partial charge in [0.1, 0.15) is 11.4 Å². The number of phenols is 1. The Kier molecular flexibility index (Phi) is 6.17. The second kappa shape index (κ2) is 8.60. The molecule has 4 N–H and O–H groups in total. The molecule has 4 rings (SSSR count). The Morgan fingerprint density at radius 1 is 1.00 bits per heavy atom. The van der Waals surface area contributed by atoms with Gasteiger partial charge in [-0.05, 0) is 37.1 Å². The van der Waals surface area contributed by atoms with Gasteiger partial charge < -0.3 is 15.9 Å². The molecule has 1 aromatic carbocycles. The Morgan fingerprint density at radius 3 is 2.31 bits per heavy atom. The number of rotatable bonds is 1. The fourth-order valence-electron chi connectivity index (χ4n) is 3.20. The molecule has 6 nitrogen and oxygen atoms in total. The van der Waals surface area contributed by atoms with Gasteiger partial charge in [-0.1, -0.05) is 19.3 Å². The van der Waals surface area contributed by atoms with E-state index in [2.05, 4.69) is 15.2 Å². The number of aliphatic hydroxyl groups excluding tert-OH is 1. The number of fused-ring (bicyclic) bond motifs is 1. The lowest BCUT2D eigenvalue weighted by molar-refractivity contribution is -0.137. The first-order valence-electron chi connectivity index (χ1n) is 9.22. The summed E-state index contributed by atoms with van der Waals surface area (Å²) in [6.45, 7) is 0. The fourth-order valence-corrected chi connectivity index (χ4v) is 3.20. The van der Waals surface area contributed by atoms with Gasteiger partial charge in [0.25, 0.3) is 0 Å². The number of pyridine rings is 1. The maximum atomic E-state index is 12.6. The Morgan fingerprint density at radius 2 is 1.72 bits per heavy atom. The number of aromatic nitrogens is 3. The quantitative estimate of drug-likeness (QED) is 0.556. The number of alkyl halides is 3. The second-order valence-corrected chi connectivity index (χ2v) is 6.88. The van der Waals surface area contributed by atoms with Crippen molar-refractivity contribution in [3.63, 3.8) is 0 Å². The molecule has 3 aromatic rings. The summed E-state index contributed by atoms with van der Waals surface area (Å²) in [6, 6.07) is 4.28. The summed E-state index contributed by atoms with van der Waals surface area (Å²) in [7, 11) is 0. The minimum atomic E-state index is -4.53. The predicted octanol–water partition coefficient (Wildman–Crippen LogP) is 4.31. The smallest absolute Gasteiger partial charge is 0.416 e. The van der Waals surface area contributed by atoms with Crippen LogP contribution in [0.1, 0.15) is 37.7 Å². The van der Waals surface area contributed by atoms with Crippen molar-refractivity contribution in [2.75, 3.05) is 5.73 Å². The van der Waals surface area contributed by atoms with Crippen LogP contribution in [0, 0.1) is 0 Å². The molecule has 0 atom stereocenters. The zero-order valence-electron chi connectivity index (χ0n) is 15.5. The standard InChI is InChI=1S/C14H9F3N4O.C6H12O/c15-14(16,17)7-1-2-9(11(22)5-7)12-8-3-4-19-6-10(8)13(18)21-20-12;7-6-4-2-1-3-5-6/h1-6,22H,(H2,18,21);6-7H,1-5H2. The number of aliphatic hydroxyl groups is 1. The van der Waals surface area contributed by atoms with Crippen LogP contribution in [0.15, 0.2) is 36.7 Å². The van der Waals surface area contributed by atoms with Crippen molar-refractivity contribution in [3.8, 4) is 17.0 Å². The van der Waals surface area contributed by atoms with Crippen molar-refractivity contribution in [2.24, 2.45) is 0 Å². The van der Waals surface area contributed by atoms with E-state index in [9.17, 15) is 18.3 Å². The van der Waals surface area contributed by atoms with Crippen LogP contribution >= 0.6 is 0 Å². The van der Waals surface area contributed by atoms with Crippen molar-refractivity contribution in [1.82, 2.24) is 15.2 Å². The molecule has 29 heavy (non-hydrogen) atoms. The molecule has 2 heterocycles. The van der Waals surface area contributed by atoms with E-state index in [1.165, 1.54) is 31.7 Å². The molecule has 1 aliphatic carbocycles. The summed E-state index contributed by atoms with van der Waals surface area (Å²) in [4.78, 5) is 3.92. The summed E-state index contributed by atoms with van der Waals surface area (Å²) < 4.78 is 37.9. The normalized spacial score (nSPS) is 15.0. The Labute approximate surface area is 165 Å². The molecule has 0 bridgehead atoms. The third-order valence-corrected chi connectivity index (χ3v) is 4.76. The lowest BCUT2D eigenvalue weighted by atomic mass is 9.98. The highest BCUT2D eigenvalue weighted by atomic mass is 19.4. The SMILES string of the molecule is Nc1nnc(-c2ccc(C(F)(F)F)cc2O)c2ccncc12.OC1CCCCC1. The van der Waals surface area contributed by atoms with Crippen molar-refractivity contribution in [2.45, 2.75) is 44.4 Å². The van der Waals surface area contributed by atoms with Crippen molar-refractivity contribution in [3.05, 3.63) is 42.2 Å². The Bertz CT molecular complexity index is 989. The number of aromatic hydroxyl groups is 1. The molecule has 1 aliphatic rings. The number of nitrogens with two attached hydrogens (primary N) is 1. The van der Waals surface area contributed by atoms with Gasteiger partial charge in [0.05, 0.1) is 11.7 Å². The molecule has 0 saturated heterocycles. The van der Waals surface area contributed by atoms with Gasteiger partial charge in [-0.2, -0.15) is 13.2 Å². The number of anilines is 1. The number of hydrogen-bond acceptors (Lipinski definition) is 6. The van der Waals surface area contributed by atoms with Crippen molar-refractivity contribution in [1.29, 1.82) is 0 Å². The van der Waals surface area contributed by atoms with E-state index in [0.717, 1.165) is 25.0 Å². The van der Waals surface area contributed by atoms with Gasteiger partial charge in [-0.25, -0.2) is 0 Å². The molecule has 0 amide bonds. The first-order valence-corrected chi connectivity index (χ1v) is 9.22. The largest absolute Gasteiger partial charge is 0.507 e. The molecule has 0 unspecified atom stereocenters. The number of nitrogens with zero attached hydrogens (tertiary/aromatic N) is 3. The van der Waals surface area contributed by atoms with E-state index in [4.69, 9.17) is 10.8 Å². The van der Waals surface area contributed by atoms with Crippen LogP contribution in [0.2, 0.25) is 0 Å². The summed E-state index contributed by atoms with van der Waals surface area (Å²) in [5.74, 6) is -0.384. The van der Waals surface area contributed by atoms with Crippen LogP contribution in [0.4, 0.5) is 19.0 Å². The highest BCUT2D eigenvalue weighted by molar-refractivity contribution is 5.99.